The Morgan fingerprint density at radius 1 is 1.34 bits per heavy atom. The average Bonchev–Trinajstić information content (AvgIpc) is 3.28. The van der Waals surface area contributed by atoms with E-state index in [1.165, 1.54) is 36.0 Å². The van der Waals surface area contributed by atoms with Gasteiger partial charge in [0.2, 0.25) is 5.91 Å². The molecule has 29 heavy (non-hydrogen) atoms. The smallest absolute Gasteiger partial charge is 0.341 e. The summed E-state index contributed by atoms with van der Waals surface area (Å²) in [7, 11) is 1.28. The molecule has 1 saturated heterocycles. The summed E-state index contributed by atoms with van der Waals surface area (Å²) in [6.45, 7) is 2.24. The van der Waals surface area contributed by atoms with E-state index < -0.39 is 11.9 Å². The molecule has 1 amide bonds. The zero-order valence-electron chi connectivity index (χ0n) is 16.0. The third kappa shape index (κ3) is 4.83. The van der Waals surface area contributed by atoms with Gasteiger partial charge >= 0.3 is 11.9 Å². The maximum atomic E-state index is 12.4. The molecule has 0 aliphatic carbocycles. The van der Waals surface area contributed by atoms with Crippen molar-refractivity contribution in [3.05, 3.63) is 53.0 Å². The quantitative estimate of drug-likeness (QED) is 0.382. The summed E-state index contributed by atoms with van der Waals surface area (Å²) >= 11 is 1.28. The van der Waals surface area contributed by atoms with Crippen molar-refractivity contribution in [3.8, 4) is 5.82 Å². The van der Waals surface area contributed by atoms with Crippen LogP contribution in [0, 0.1) is 6.92 Å². The van der Waals surface area contributed by atoms with E-state index in [1.54, 1.807) is 29.9 Å². The van der Waals surface area contributed by atoms with Gasteiger partial charge in [0.25, 0.3) is 0 Å². The lowest BCUT2D eigenvalue weighted by Crippen LogP contribution is -2.27. The third-order valence-corrected chi connectivity index (χ3v) is 5.23. The van der Waals surface area contributed by atoms with Crippen molar-refractivity contribution in [2.24, 2.45) is 0 Å². The van der Waals surface area contributed by atoms with Crippen LogP contribution in [-0.4, -0.2) is 63.5 Å². The number of carbonyl (C=O) groups is 3. The number of amides is 1. The molecule has 3 rings (SSSR count). The van der Waals surface area contributed by atoms with Crippen LogP contribution >= 0.6 is 11.8 Å². The molecule has 0 bridgehead atoms. The number of rotatable bonds is 7. The molecule has 0 unspecified atom stereocenters. The van der Waals surface area contributed by atoms with Crippen molar-refractivity contribution in [1.82, 2.24) is 19.7 Å². The summed E-state index contributed by atoms with van der Waals surface area (Å²) < 4.78 is 11.5. The Balaban J connectivity index is 1.54. The van der Waals surface area contributed by atoms with Gasteiger partial charge < -0.3 is 14.4 Å². The Morgan fingerprint density at radius 3 is 2.90 bits per heavy atom. The number of esters is 2. The second kappa shape index (κ2) is 9.37. The fraction of sp³-hybridized carbons (Fsp3) is 0.316. The molecule has 152 valence electrons. The number of nitrogens with zero attached hydrogens (tertiary/aromatic N) is 4. The summed E-state index contributed by atoms with van der Waals surface area (Å²) in [5.74, 6) is -0.215. The molecule has 10 heteroatoms. The highest BCUT2D eigenvalue weighted by molar-refractivity contribution is 8.04. The van der Waals surface area contributed by atoms with Crippen LogP contribution in [0.5, 0.6) is 0 Å². The average molecular weight is 416 g/mol. The van der Waals surface area contributed by atoms with E-state index in [0.29, 0.717) is 35.1 Å². The highest BCUT2D eigenvalue weighted by Gasteiger charge is 2.27. The van der Waals surface area contributed by atoms with Crippen LogP contribution in [0.3, 0.4) is 0 Å². The monoisotopic (exact) mass is 416 g/mol. The van der Waals surface area contributed by atoms with Crippen molar-refractivity contribution in [2.45, 2.75) is 13.3 Å². The molecular weight excluding hydrogens is 396 g/mol. The van der Waals surface area contributed by atoms with Gasteiger partial charge in [-0.15, -0.1) is 0 Å². The van der Waals surface area contributed by atoms with Crippen LogP contribution in [0.15, 0.2) is 41.7 Å². The molecule has 9 nitrogen and oxygen atoms in total. The normalized spacial score (nSPS) is 15.0. The molecular formula is C19H20N4O5S. The lowest BCUT2D eigenvalue weighted by atomic mass is 10.2. The van der Waals surface area contributed by atoms with E-state index in [9.17, 15) is 14.4 Å². The van der Waals surface area contributed by atoms with E-state index in [1.807, 2.05) is 6.07 Å². The van der Waals surface area contributed by atoms with E-state index in [4.69, 9.17) is 4.74 Å². The summed E-state index contributed by atoms with van der Waals surface area (Å²) in [6.07, 6.45) is 4.82. The summed E-state index contributed by atoms with van der Waals surface area (Å²) in [5, 5.41) is 4.74. The van der Waals surface area contributed by atoms with Crippen molar-refractivity contribution in [2.75, 3.05) is 26.0 Å². The lowest BCUT2D eigenvalue weighted by molar-refractivity contribution is -0.134. The molecule has 1 aliphatic heterocycles. The van der Waals surface area contributed by atoms with E-state index >= 15 is 0 Å². The second-order valence-corrected chi connectivity index (χ2v) is 7.07. The molecule has 2 aromatic heterocycles. The Hall–Kier alpha value is -3.14. The lowest BCUT2D eigenvalue weighted by Gasteiger charge is -2.16. The van der Waals surface area contributed by atoms with Crippen molar-refractivity contribution >= 4 is 29.6 Å². The highest BCUT2D eigenvalue weighted by Crippen LogP contribution is 2.28. The van der Waals surface area contributed by atoms with Gasteiger partial charge in [-0.05, 0) is 25.5 Å². The zero-order chi connectivity index (χ0) is 20.8. The maximum absolute atomic E-state index is 12.4. The topological polar surface area (TPSA) is 104 Å². The van der Waals surface area contributed by atoms with Crippen molar-refractivity contribution in [1.29, 1.82) is 0 Å². The van der Waals surface area contributed by atoms with Crippen LogP contribution in [0.1, 0.15) is 22.5 Å². The highest BCUT2D eigenvalue weighted by atomic mass is 32.2. The fourth-order valence-electron chi connectivity index (χ4n) is 2.71. The number of methoxy groups -OCH3 is 1. The molecule has 0 radical (unpaired) electrons. The largest absolute Gasteiger partial charge is 0.466 e. The first-order valence-corrected chi connectivity index (χ1v) is 9.85. The zero-order valence-corrected chi connectivity index (χ0v) is 16.8. The maximum Gasteiger partial charge on any atom is 0.341 e. The molecule has 3 heterocycles. The Bertz CT molecular complexity index is 941. The summed E-state index contributed by atoms with van der Waals surface area (Å²) in [4.78, 5) is 41.5. The molecule has 0 aromatic carbocycles. The van der Waals surface area contributed by atoms with Crippen molar-refractivity contribution in [3.63, 3.8) is 0 Å². The predicted octanol–water partition coefficient (Wildman–Crippen LogP) is 1.71. The minimum atomic E-state index is -0.515. The first-order valence-electron chi connectivity index (χ1n) is 8.87. The van der Waals surface area contributed by atoms with Crippen LogP contribution in [0.4, 0.5) is 0 Å². The summed E-state index contributed by atoms with van der Waals surface area (Å²) in [5.41, 5.74) is 0.984. The Morgan fingerprint density at radius 2 is 2.17 bits per heavy atom. The van der Waals surface area contributed by atoms with Gasteiger partial charge in [-0.2, -0.15) is 5.10 Å². The SMILES string of the molecule is COC(=O)/C=C1/SCC(=O)N1CCCOC(=O)c1cnn(-c2ccccn2)c1C. The molecule has 2 aromatic rings. The standard InChI is InChI=1S/C19H20N4O5S/c1-13-14(11-21-23(13)15-6-3-4-7-20-15)19(26)28-9-5-8-22-16(24)12-29-17(22)10-18(25)27-2/h3-4,6-7,10-11H,5,8-9,12H2,1-2H3/b17-10+. The molecule has 1 fully saturated rings. The number of hydrogen-bond acceptors (Lipinski definition) is 8. The molecule has 0 spiro atoms. The van der Waals surface area contributed by atoms with Gasteiger partial charge in [-0.3, -0.25) is 4.79 Å². The van der Waals surface area contributed by atoms with E-state index in [0.717, 1.165) is 0 Å². The van der Waals surface area contributed by atoms with E-state index in [-0.39, 0.29) is 18.3 Å². The Labute approximate surface area is 171 Å². The number of pyridine rings is 1. The minimum Gasteiger partial charge on any atom is -0.466 e. The van der Waals surface area contributed by atoms with Gasteiger partial charge in [0.05, 0.1) is 42.5 Å². The number of thioether (sulfide) groups is 1. The van der Waals surface area contributed by atoms with Crippen LogP contribution in [0.25, 0.3) is 5.82 Å². The van der Waals surface area contributed by atoms with E-state index in [2.05, 4.69) is 14.8 Å². The third-order valence-electron chi connectivity index (χ3n) is 4.21. The van der Waals surface area contributed by atoms with Crippen molar-refractivity contribution < 1.29 is 23.9 Å². The number of aromatic nitrogens is 3. The van der Waals surface area contributed by atoms with Crippen LogP contribution in [0.2, 0.25) is 0 Å². The minimum absolute atomic E-state index is 0.0936. The van der Waals surface area contributed by atoms with Gasteiger partial charge in [0.1, 0.15) is 5.56 Å². The summed E-state index contributed by atoms with van der Waals surface area (Å²) in [6, 6.07) is 5.43. The number of carbonyl (C=O) groups excluding carboxylic acids is 3. The molecule has 0 saturated carbocycles. The first kappa shape index (κ1) is 20.6. The Kier molecular flexibility index (Phi) is 6.65. The van der Waals surface area contributed by atoms with Crippen LogP contribution in [-0.2, 0) is 19.1 Å². The number of ether oxygens (including phenoxy) is 2. The van der Waals surface area contributed by atoms with Gasteiger partial charge in [-0.1, -0.05) is 17.8 Å². The molecule has 0 atom stereocenters. The fourth-order valence-corrected chi connectivity index (χ4v) is 3.67. The van der Waals surface area contributed by atoms with Gasteiger partial charge in [0.15, 0.2) is 5.82 Å². The predicted molar refractivity (Wildman–Crippen MR) is 105 cm³/mol. The second-order valence-electron chi connectivity index (χ2n) is 6.07. The van der Waals surface area contributed by atoms with Gasteiger partial charge in [0, 0.05) is 12.7 Å². The van der Waals surface area contributed by atoms with Gasteiger partial charge in [-0.25, -0.2) is 19.3 Å². The first-order chi connectivity index (χ1) is 14.0. The molecule has 1 aliphatic rings. The number of hydrogen-bond donors (Lipinski definition) is 0. The molecule has 0 N–H and O–H groups in total. The van der Waals surface area contributed by atoms with Crippen LogP contribution < -0.4 is 0 Å².